The van der Waals surface area contributed by atoms with Crippen LogP contribution in [-0.4, -0.2) is 19.5 Å². The van der Waals surface area contributed by atoms with E-state index in [-0.39, 0.29) is 12.4 Å². The van der Waals surface area contributed by atoms with Crippen molar-refractivity contribution in [2.45, 2.75) is 5.44 Å². The summed E-state index contributed by atoms with van der Waals surface area (Å²) in [5.74, 6) is 0. The van der Waals surface area contributed by atoms with E-state index in [1.165, 1.54) is 4.46 Å². The van der Waals surface area contributed by atoms with Crippen molar-refractivity contribution in [1.82, 2.24) is 4.57 Å². The Hall–Kier alpha value is -0.471. The van der Waals surface area contributed by atoms with Crippen molar-refractivity contribution in [1.29, 1.82) is 0 Å². The topological polar surface area (TPSA) is 8.81 Å². The van der Waals surface area contributed by atoms with Crippen LogP contribution in [0.5, 0.6) is 0 Å². The van der Waals surface area contributed by atoms with Crippen molar-refractivity contribution in [3.05, 3.63) is 48.0 Å². The fourth-order valence-electron chi connectivity index (χ4n) is 1.26. The molecule has 0 saturated heterocycles. The van der Waals surface area contributed by atoms with Gasteiger partial charge >= 0.3 is 101 Å². The first-order valence-electron chi connectivity index (χ1n) is 4.63. The van der Waals surface area contributed by atoms with Crippen LogP contribution in [-0.2, 0) is 12.5 Å². The van der Waals surface area contributed by atoms with E-state index in [0.29, 0.717) is 15.0 Å². The molecule has 0 bridgehead atoms. The number of aryl methyl sites for hydroxylation is 1. The standard InChI is InChI=1S/C11H12ClN2Se.ClH/c1-13-6-7-14(8-13)9-15-11-4-2-10(12)3-5-11;/h2-8H,9H2,1H3;1H/q+1;/p-1. The molecule has 0 saturated carbocycles. The van der Waals surface area contributed by atoms with E-state index in [2.05, 4.69) is 40.0 Å². The fourth-order valence-corrected chi connectivity index (χ4v) is 3.02. The number of hydrogen-bond donors (Lipinski definition) is 0. The van der Waals surface area contributed by atoms with Crippen molar-refractivity contribution < 1.29 is 17.0 Å². The van der Waals surface area contributed by atoms with Crippen molar-refractivity contribution in [2.24, 2.45) is 7.05 Å². The van der Waals surface area contributed by atoms with E-state index >= 15 is 0 Å². The first-order valence-corrected chi connectivity index (χ1v) is 7.08. The average molecular weight is 322 g/mol. The molecule has 16 heavy (non-hydrogen) atoms. The first kappa shape index (κ1) is 13.6. The second-order valence-electron chi connectivity index (χ2n) is 3.32. The summed E-state index contributed by atoms with van der Waals surface area (Å²) in [5, 5.41) is 0.807. The van der Waals surface area contributed by atoms with Crippen LogP contribution in [0.2, 0.25) is 5.02 Å². The molecule has 1 aromatic heterocycles. The molecule has 2 rings (SSSR count). The Kier molecular flexibility index (Phi) is 5.36. The summed E-state index contributed by atoms with van der Waals surface area (Å²) < 4.78 is 5.63. The monoisotopic (exact) mass is 322 g/mol. The number of halogens is 2. The van der Waals surface area contributed by atoms with Gasteiger partial charge in [-0.1, -0.05) is 0 Å². The maximum atomic E-state index is 5.83. The van der Waals surface area contributed by atoms with Crippen LogP contribution in [0.1, 0.15) is 0 Å². The van der Waals surface area contributed by atoms with E-state index < -0.39 is 0 Å². The minimum absolute atomic E-state index is 0. The van der Waals surface area contributed by atoms with Gasteiger partial charge in [0.05, 0.1) is 0 Å². The number of imidazole rings is 1. The van der Waals surface area contributed by atoms with Crippen LogP contribution in [0.3, 0.4) is 0 Å². The van der Waals surface area contributed by atoms with Gasteiger partial charge in [-0.25, -0.2) is 0 Å². The van der Waals surface area contributed by atoms with Gasteiger partial charge < -0.3 is 12.4 Å². The van der Waals surface area contributed by atoms with Gasteiger partial charge in [0, 0.05) is 0 Å². The van der Waals surface area contributed by atoms with Gasteiger partial charge in [0.2, 0.25) is 0 Å². The summed E-state index contributed by atoms with van der Waals surface area (Å²) in [7, 11) is 2.03. The Balaban J connectivity index is 0.00000128. The predicted octanol–water partition coefficient (Wildman–Crippen LogP) is -2.04. The number of rotatable bonds is 3. The molecule has 0 fully saturated rings. The van der Waals surface area contributed by atoms with Crippen molar-refractivity contribution in [3.63, 3.8) is 0 Å². The van der Waals surface area contributed by atoms with Crippen LogP contribution in [0.15, 0.2) is 43.0 Å². The molecule has 2 nitrogen and oxygen atoms in total. The molecule has 5 heteroatoms. The van der Waals surface area contributed by atoms with Crippen LogP contribution in [0.4, 0.5) is 0 Å². The molecule has 0 aliphatic heterocycles. The Morgan fingerprint density at radius 1 is 1.31 bits per heavy atom. The van der Waals surface area contributed by atoms with E-state index in [1.54, 1.807) is 0 Å². The van der Waals surface area contributed by atoms with Gasteiger partial charge in [-0.2, -0.15) is 0 Å². The number of nitrogens with zero attached hydrogens (tertiary/aromatic N) is 2. The third-order valence-corrected chi connectivity index (χ3v) is 4.44. The molecule has 0 atom stereocenters. The Labute approximate surface area is 113 Å². The molecular formula is C11H12Cl2N2Se. The number of hydrogen-bond acceptors (Lipinski definition) is 0. The first-order chi connectivity index (χ1) is 7.24. The summed E-state index contributed by atoms with van der Waals surface area (Å²) in [6, 6.07) is 8.11. The van der Waals surface area contributed by atoms with Gasteiger partial charge in [0.1, 0.15) is 0 Å². The summed E-state index contributed by atoms with van der Waals surface area (Å²) in [6.07, 6.45) is 6.24. The summed E-state index contributed by atoms with van der Waals surface area (Å²) in [4.78, 5) is 0. The molecule has 0 N–H and O–H groups in total. The fraction of sp³-hybridized carbons (Fsp3) is 0.182. The van der Waals surface area contributed by atoms with Crippen LogP contribution in [0.25, 0.3) is 0 Å². The summed E-state index contributed by atoms with van der Waals surface area (Å²) in [5.41, 5.74) is 1.06. The second-order valence-corrected chi connectivity index (χ2v) is 5.89. The molecule has 0 radical (unpaired) electrons. The minimum atomic E-state index is 0. The zero-order valence-corrected chi connectivity index (χ0v) is 12.0. The number of aromatic nitrogens is 2. The maximum absolute atomic E-state index is 5.83. The summed E-state index contributed by atoms with van der Waals surface area (Å²) in [6.45, 7) is 0. The molecule has 86 valence electrons. The van der Waals surface area contributed by atoms with E-state index in [9.17, 15) is 0 Å². The van der Waals surface area contributed by atoms with E-state index in [0.717, 1.165) is 10.5 Å². The maximum Gasteiger partial charge on any atom is -1.00 e. The molecule has 0 amide bonds. The summed E-state index contributed by atoms with van der Waals surface area (Å²) >= 11 is 6.30. The van der Waals surface area contributed by atoms with Crippen LogP contribution in [0, 0.1) is 0 Å². The van der Waals surface area contributed by atoms with Gasteiger partial charge in [-0.3, -0.25) is 0 Å². The second kappa shape index (κ2) is 6.31. The predicted molar refractivity (Wildman–Crippen MR) is 62.4 cm³/mol. The van der Waals surface area contributed by atoms with Crippen molar-refractivity contribution in [2.75, 3.05) is 0 Å². The molecular weight excluding hydrogens is 310 g/mol. The van der Waals surface area contributed by atoms with Gasteiger partial charge in [-0.15, -0.1) is 0 Å². The molecule has 0 spiro atoms. The van der Waals surface area contributed by atoms with Crippen molar-refractivity contribution in [3.8, 4) is 0 Å². The van der Waals surface area contributed by atoms with Gasteiger partial charge in [0.15, 0.2) is 0 Å². The molecule has 0 unspecified atom stereocenters. The van der Waals surface area contributed by atoms with Crippen LogP contribution >= 0.6 is 11.6 Å². The molecule has 2 aromatic rings. The normalized spacial score (nSPS) is 9.88. The molecule has 1 heterocycles. The van der Waals surface area contributed by atoms with E-state index in [4.69, 9.17) is 11.6 Å². The Morgan fingerprint density at radius 2 is 2.00 bits per heavy atom. The zero-order valence-electron chi connectivity index (χ0n) is 8.81. The number of benzene rings is 1. The van der Waals surface area contributed by atoms with E-state index in [1.807, 2.05) is 19.2 Å². The average Bonchev–Trinajstić information content (AvgIpc) is 2.64. The third kappa shape index (κ3) is 3.84. The van der Waals surface area contributed by atoms with Gasteiger partial charge in [-0.05, 0) is 0 Å². The largest absolute Gasteiger partial charge is 1.00 e. The Bertz CT molecular complexity index is 440. The minimum Gasteiger partial charge on any atom is -1.00 e. The van der Waals surface area contributed by atoms with Crippen molar-refractivity contribution >= 4 is 31.0 Å². The molecule has 0 aliphatic carbocycles. The molecule has 1 aromatic carbocycles. The van der Waals surface area contributed by atoms with Crippen LogP contribution < -0.4 is 21.4 Å². The molecule has 0 aliphatic rings. The van der Waals surface area contributed by atoms with Gasteiger partial charge in [0.25, 0.3) is 0 Å². The zero-order chi connectivity index (χ0) is 10.7. The SMILES string of the molecule is C[n+]1ccn(C[Se]c2ccc(Cl)cc2)c1.[Cl-]. The Morgan fingerprint density at radius 3 is 2.56 bits per heavy atom. The smallest absolute Gasteiger partial charge is 1.00 e. The quantitative estimate of drug-likeness (QED) is 0.455. The third-order valence-electron chi connectivity index (χ3n) is 2.02.